The Morgan fingerprint density at radius 1 is 0.806 bits per heavy atom. The Morgan fingerprint density at radius 2 is 1.32 bits per heavy atom. The van der Waals surface area contributed by atoms with Gasteiger partial charge in [0.05, 0.1) is 12.7 Å². The van der Waals surface area contributed by atoms with E-state index in [1.807, 2.05) is 13.8 Å². The topological polar surface area (TPSA) is 36.9 Å². The Bertz CT molecular complexity index is 547. The fourth-order valence-electron chi connectivity index (χ4n) is 3.49. The quantitative estimate of drug-likeness (QED) is 0.225. The molecule has 1 aliphatic rings. The first kappa shape index (κ1) is 29.3. The molecule has 1 rings (SSSR count). The van der Waals surface area contributed by atoms with Crippen molar-refractivity contribution in [2.75, 3.05) is 6.61 Å². The van der Waals surface area contributed by atoms with Gasteiger partial charge >= 0.3 is 0 Å². The van der Waals surface area contributed by atoms with Crippen LogP contribution >= 0.6 is 0 Å². The van der Waals surface area contributed by atoms with Gasteiger partial charge in [-0.25, -0.2) is 0 Å². The van der Waals surface area contributed by atoms with Crippen LogP contribution in [0.4, 0.5) is 0 Å². The van der Waals surface area contributed by atoms with Gasteiger partial charge in [-0.2, -0.15) is 0 Å². The zero-order valence-electron chi connectivity index (χ0n) is 23.1. The number of rotatable bonds is 11. The molecule has 1 heterocycles. The Morgan fingerprint density at radius 3 is 1.84 bits per heavy atom. The van der Waals surface area contributed by atoms with Gasteiger partial charge in [-0.3, -0.25) is 0 Å². The minimum absolute atomic E-state index is 0.0324. The molecule has 4 nitrogen and oxygen atoms in total. The molecule has 1 aliphatic heterocycles. The standard InChI is InChI=1S/C25H54O4Si2/c1-20(29-31(12,13)24(5,6)7)17-15-14-16-18-21-22(28-25(8,9)27-21)19-26-30(10,11)23(2,3)4/h20-22H,14-19H2,1-13H3/t20-,21+,22+/m1/s1. The Labute approximate surface area is 196 Å². The molecule has 3 atom stereocenters. The van der Waals surface area contributed by atoms with Gasteiger partial charge in [-0.1, -0.05) is 60.8 Å². The van der Waals surface area contributed by atoms with Gasteiger partial charge in [0.2, 0.25) is 0 Å². The molecule has 0 bridgehead atoms. The third-order valence-electron chi connectivity index (χ3n) is 7.60. The van der Waals surface area contributed by atoms with Gasteiger partial charge in [0.1, 0.15) is 6.10 Å². The second-order valence-electron chi connectivity index (χ2n) is 13.1. The second-order valence-corrected chi connectivity index (χ2v) is 22.7. The monoisotopic (exact) mass is 474 g/mol. The van der Waals surface area contributed by atoms with Crippen LogP contribution in [0.3, 0.4) is 0 Å². The molecule has 0 amide bonds. The molecule has 0 unspecified atom stereocenters. The number of ether oxygens (including phenoxy) is 2. The molecule has 186 valence electrons. The lowest BCUT2D eigenvalue weighted by molar-refractivity contribution is -0.149. The van der Waals surface area contributed by atoms with Crippen LogP contribution in [0.5, 0.6) is 0 Å². The first-order chi connectivity index (χ1) is 13.8. The van der Waals surface area contributed by atoms with Gasteiger partial charge in [-0.15, -0.1) is 0 Å². The highest BCUT2D eigenvalue weighted by Gasteiger charge is 2.44. The molecule has 0 aromatic heterocycles. The van der Waals surface area contributed by atoms with Gasteiger partial charge < -0.3 is 18.3 Å². The first-order valence-corrected chi connectivity index (χ1v) is 18.3. The highest BCUT2D eigenvalue weighted by atomic mass is 28.4. The van der Waals surface area contributed by atoms with Gasteiger partial charge in [-0.05, 0) is 69.9 Å². The maximum absolute atomic E-state index is 6.50. The van der Waals surface area contributed by atoms with Crippen molar-refractivity contribution in [2.24, 2.45) is 0 Å². The van der Waals surface area contributed by atoms with E-state index in [0.717, 1.165) is 19.3 Å². The van der Waals surface area contributed by atoms with Crippen LogP contribution in [0.25, 0.3) is 0 Å². The molecule has 0 aromatic carbocycles. The predicted molar refractivity (Wildman–Crippen MR) is 138 cm³/mol. The zero-order valence-corrected chi connectivity index (χ0v) is 25.1. The van der Waals surface area contributed by atoms with E-state index >= 15 is 0 Å². The van der Waals surface area contributed by atoms with E-state index in [2.05, 4.69) is 74.7 Å². The molecule has 0 spiro atoms. The Kier molecular flexibility index (Phi) is 10.1. The summed E-state index contributed by atoms with van der Waals surface area (Å²) in [6, 6.07) is 0. The van der Waals surface area contributed by atoms with E-state index in [4.69, 9.17) is 18.3 Å². The average molecular weight is 475 g/mol. The fourth-order valence-corrected chi connectivity index (χ4v) is 5.99. The second kappa shape index (κ2) is 10.7. The maximum atomic E-state index is 6.50. The molecule has 31 heavy (non-hydrogen) atoms. The summed E-state index contributed by atoms with van der Waals surface area (Å²) >= 11 is 0. The van der Waals surface area contributed by atoms with Crippen molar-refractivity contribution in [1.29, 1.82) is 0 Å². The smallest absolute Gasteiger partial charge is 0.192 e. The van der Waals surface area contributed by atoms with Crippen LogP contribution in [-0.4, -0.2) is 47.3 Å². The minimum Gasteiger partial charge on any atom is -0.414 e. The molecule has 1 saturated heterocycles. The van der Waals surface area contributed by atoms with E-state index in [1.54, 1.807) is 0 Å². The largest absolute Gasteiger partial charge is 0.414 e. The summed E-state index contributed by atoms with van der Waals surface area (Å²) in [5.41, 5.74) is 0. The molecule has 1 fully saturated rings. The molecule has 6 heteroatoms. The predicted octanol–water partition coefficient (Wildman–Crippen LogP) is 7.89. The molecular weight excluding hydrogens is 420 g/mol. The van der Waals surface area contributed by atoms with Crippen molar-refractivity contribution >= 4 is 16.6 Å². The number of hydrogen-bond acceptors (Lipinski definition) is 4. The molecule has 0 aromatic rings. The average Bonchev–Trinajstić information content (AvgIpc) is 2.84. The first-order valence-electron chi connectivity index (χ1n) is 12.4. The zero-order chi connectivity index (χ0) is 24.3. The highest BCUT2D eigenvalue weighted by Crippen LogP contribution is 2.39. The summed E-state index contributed by atoms with van der Waals surface area (Å²) in [4.78, 5) is 0. The lowest BCUT2D eigenvalue weighted by Crippen LogP contribution is -2.44. The van der Waals surface area contributed by atoms with Crippen molar-refractivity contribution in [3.05, 3.63) is 0 Å². The summed E-state index contributed by atoms with van der Waals surface area (Å²) in [6.07, 6.45) is 6.25. The lowest BCUT2D eigenvalue weighted by atomic mass is 10.0. The minimum atomic E-state index is -1.78. The summed E-state index contributed by atoms with van der Waals surface area (Å²) in [6.45, 7) is 30.0. The normalized spacial score (nSPS) is 23.9. The summed E-state index contributed by atoms with van der Waals surface area (Å²) < 4.78 is 25.4. The maximum Gasteiger partial charge on any atom is 0.192 e. The lowest BCUT2D eigenvalue weighted by Gasteiger charge is -2.38. The molecule has 0 radical (unpaired) electrons. The molecular formula is C25H54O4Si2. The molecule has 0 N–H and O–H groups in total. The van der Waals surface area contributed by atoms with E-state index in [1.165, 1.54) is 12.8 Å². The van der Waals surface area contributed by atoms with Crippen LogP contribution < -0.4 is 0 Å². The molecule has 0 saturated carbocycles. The van der Waals surface area contributed by atoms with Crippen molar-refractivity contribution < 1.29 is 18.3 Å². The van der Waals surface area contributed by atoms with Gasteiger partial charge in [0.25, 0.3) is 0 Å². The summed E-state index contributed by atoms with van der Waals surface area (Å²) in [7, 11) is -3.45. The van der Waals surface area contributed by atoms with E-state index in [0.29, 0.717) is 12.7 Å². The summed E-state index contributed by atoms with van der Waals surface area (Å²) in [5, 5.41) is 0.482. The fraction of sp³-hybridized carbons (Fsp3) is 1.00. The summed E-state index contributed by atoms with van der Waals surface area (Å²) in [5.74, 6) is -0.516. The van der Waals surface area contributed by atoms with Gasteiger partial charge in [0.15, 0.2) is 22.4 Å². The van der Waals surface area contributed by atoms with E-state index < -0.39 is 22.4 Å². The van der Waals surface area contributed by atoms with Crippen LogP contribution in [0.1, 0.15) is 94.4 Å². The van der Waals surface area contributed by atoms with Crippen molar-refractivity contribution in [1.82, 2.24) is 0 Å². The highest BCUT2D eigenvalue weighted by molar-refractivity contribution is 6.74. The Balaban J connectivity index is 2.43. The van der Waals surface area contributed by atoms with E-state index in [-0.39, 0.29) is 22.3 Å². The number of hydrogen-bond donors (Lipinski definition) is 0. The van der Waals surface area contributed by atoms with Crippen molar-refractivity contribution in [3.63, 3.8) is 0 Å². The van der Waals surface area contributed by atoms with Crippen LogP contribution in [0, 0.1) is 0 Å². The van der Waals surface area contributed by atoms with Crippen molar-refractivity contribution in [2.45, 2.75) is 155 Å². The van der Waals surface area contributed by atoms with Crippen LogP contribution in [0.15, 0.2) is 0 Å². The number of unbranched alkanes of at least 4 members (excludes halogenated alkanes) is 2. The third kappa shape index (κ3) is 9.21. The third-order valence-corrected chi connectivity index (χ3v) is 16.7. The van der Waals surface area contributed by atoms with E-state index in [9.17, 15) is 0 Å². The van der Waals surface area contributed by atoms with Crippen molar-refractivity contribution in [3.8, 4) is 0 Å². The van der Waals surface area contributed by atoms with Gasteiger partial charge in [0, 0.05) is 6.10 Å². The van der Waals surface area contributed by atoms with Crippen LogP contribution in [0.2, 0.25) is 36.3 Å². The SMILES string of the molecule is C[C@H](CCCCC[C@@H]1OC(C)(C)O[C@H]1CO[Si](C)(C)C(C)(C)C)O[Si](C)(C)C(C)(C)C. The van der Waals surface area contributed by atoms with Crippen LogP contribution in [-0.2, 0) is 18.3 Å². The Hall–Kier alpha value is 0.274. The molecule has 0 aliphatic carbocycles.